The third-order valence-electron chi connectivity index (χ3n) is 4.66. The average molecular weight is 441 g/mol. The van der Waals surface area contributed by atoms with Crippen LogP contribution in [0.1, 0.15) is 21.5 Å². The van der Waals surface area contributed by atoms with Gasteiger partial charge >= 0.3 is 5.97 Å². The van der Waals surface area contributed by atoms with Crippen molar-refractivity contribution in [1.29, 1.82) is 0 Å². The smallest absolute Gasteiger partial charge is 0.337 e. The number of carbonyl (C=O) groups excluding carboxylic acids is 1. The average Bonchev–Trinajstić information content (AvgIpc) is 2.78. The fraction of sp³-hybridized carbons (Fsp3) is 0.174. The molecule has 0 bridgehead atoms. The van der Waals surface area contributed by atoms with Gasteiger partial charge < -0.3 is 14.8 Å². The third-order valence-corrected chi connectivity index (χ3v) is 6.08. The topological polar surface area (TPSA) is 93.7 Å². The van der Waals surface area contributed by atoms with Crippen LogP contribution in [0, 0.1) is 6.92 Å². The van der Waals surface area contributed by atoms with Gasteiger partial charge in [0.25, 0.3) is 10.0 Å². The van der Waals surface area contributed by atoms with Crippen molar-refractivity contribution < 1.29 is 22.7 Å². The van der Waals surface area contributed by atoms with E-state index in [1.807, 2.05) is 43.3 Å². The number of methoxy groups -OCH3 is 2. The first-order chi connectivity index (χ1) is 14.8. The SMILES string of the molecule is COC(=O)c1ccc(NCc2ccccc2OC)c(S(=O)(=O)Nc2ccc(C)cc2)c1. The van der Waals surface area contributed by atoms with Gasteiger partial charge in [-0.25, -0.2) is 13.2 Å². The maximum atomic E-state index is 13.2. The van der Waals surface area contributed by atoms with Crippen LogP contribution >= 0.6 is 0 Å². The normalized spacial score (nSPS) is 10.9. The molecule has 0 saturated heterocycles. The predicted molar refractivity (Wildman–Crippen MR) is 120 cm³/mol. The molecule has 2 N–H and O–H groups in total. The molecule has 0 aliphatic carbocycles. The van der Waals surface area contributed by atoms with Crippen molar-refractivity contribution in [3.63, 3.8) is 0 Å². The summed E-state index contributed by atoms with van der Waals surface area (Å²) in [5.41, 5.74) is 2.77. The Labute approximate surface area is 182 Å². The van der Waals surface area contributed by atoms with Gasteiger partial charge in [-0.2, -0.15) is 0 Å². The monoisotopic (exact) mass is 440 g/mol. The predicted octanol–water partition coefficient (Wildman–Crippen LogP) is 4.20. The maximum Gasteiger partial charge on any atom is 0.337 e. The number of nitrogens with one attached hydrogen (secondary N) is 2. The molecule has 0 aliphatic rings. The molecule has 0 aromatic heterocycles. The van der Waals surface area contributed by atoms with Crippen LogP contribution in [0.3, 0.4) is 0 Å². The van der Waals surface area contributed by atoms with E-state index < -0.39 is 16.0 Å². The molecule has 0 unspecified atom stereocenters. The second-order valence-corrected chi connectivity index (χ2v) is 8.49. The molecular formula is C23H24N2O5S. The summed E-state index contributed by atoms with van der Waals surface area (Å²) in [5, 5.41) is 3.14. The fourth-order valence-corrected chi connectivity index (χ4v) is 4.27. The van der Waals surface area contributed by atoms with Crippen molar-refractivity contribution >= 4 is 27.4 Å². The van der Waals surface area contributed by atoms with E-state index in [-0.39, 0.29) is 10.5 Å². The quantitative estimate of drug-likeness (QED) is 0.510. The zero-order chi connectivity index (χ0) is 22.4. The van der Waals surface area contributed by atoms with Crippen molar-refractivity contribution in [2.45, 2.75) is 18.4 Å². The van der Waals surface area contributed by atoms with Crippen LogP contribution in [-0.2, 0) is 21.3 Å². The van der Waals surface area contributed by atoms with Crippen molar-refractivity contribution in [2.24, 2.45) is 0 Å². The Bertz CT molecular complexity index is 1170. The van der Waals surface area contributed by atoms with Crippen LogP contribution in [0.5, 0.6) is 5.75 Å². The highest BCUT2D eigenvalue weighted by Crippen LogP contribution is 2.27. The van der Waals surface area contributed by atoms with Gasteiger partial charge in [-0.3, -0.25) is 4.72 Å². The number of carbonyl (C=O) groups is 1. The lowest BCUT2D eigenvalue weighted by atomic mass is 10.1. The number of hydrogen-bond acceptors (Lipinski definition) is 6. The van der Waals surface area contributed by atoms with E-state index in [9.17, 15) is 13.2 Å². The molecule has 0 saturated carbocycles. The summed E-state index contributed by atoms with van der Waals surface area (Å²) in [7, 11) is -1.17. The summed E-state index contributed by atoms with van der Waals surface area (Å²) in [4.78, 5) is 11.9. The molecule has 7 nitrogen and oxygen atoms in total. The second kappa shape index (κ2) is 9.53. The first kappa shape index (κ1) is 22.2. The van der Waals surface area contributed by atoms with Gasteiger partial charge in [0.15, 0.2) is 0 Å². The van der Waals surface area contributed by atoms with Crippen LogP contribution in [0.4, 0.5) is 11.4 Å². The minimum absolute atomic E-state index is 0.0640. The number of rotatable bonds is 8. The van der Waals surface area contributed by atoms with E-state index in [1.165, 1.54) is 19.2 Å². The molecule has 0 aliphatic heterocycles. The highest BCUT2D eigenvalue weighted by Gasteiger charge is 2.22. The summed E-state index contributed by atoms with van der Waals surface area (Å²) in [5.74, 6) is 0.0615. The highest BCUT2D eigenvalue weighted by molar-refractivity contribution is 7.92. The van der Waals surface area contributed by atoms with E-state index in [0.717, 1.165) is 11.1 Å². The molecule has 31 heavy (non-hydrogen) atoms. The summed E-state index contributed by atoms with van der Waals surface area (Å²) < 4.78 is 39.0. The summed E-state index contributed by atoms with van der Waals surface area (Å²) in [6, 6.07) is 18.8. The first-order valence-corrected chi connectivity index (χ1v) is 11.0. The van der Waals surface area contributed by atoms with Gasteiger partial charge in [0, 0.05) is 17.8 Å². The van der Waals surface area contributed by atoms with Gasteiger partial charge in [0.05, 0.1) is 25.5 Å². The van der Waals surface area contributed by atoms with Gasteiger partial charge in [-0.15, -0.1) is 0 Å². The molecule has 8 heteroatoms. The van der Waals surface area contributed by atoms with E-state index in [0.29, 0.717) is 23.7 Å². The lowest BCUT2D eigenvalue weighted by Crippen LogP contribution is -2.17. The van der Waals surface area contributed by atoms with Crippen molar-refractivity contribution in [2.75, 3.05) is 24.3 Å². The Morgan fingerprint density at radius 2 is 1.68 bits per heavy atom. The van der Waals surface area contributed by atoms with Gasteiger partial charge in [0.2, 0.25) is 0 Å². The largest absolute Gasteiger partial charge is 0.496 e. The van der Waals surface area contributed by atoms with Gasteiger partial charge in [-0.1, -0.05) is 35.9 Å². The van der Waals surface area contributed by atoms with E-state index in [4.69, 9.17) is 9.47 Å². The molecule has 162 valence electrons. The number of para-hydroxylation sites is 1. The Hall–Kier alpha value is -3.52. The number of aryl methyl sites for hydroxylation is 1. The standard InChI is InChI=1S/C23H24N2O5S/c1-16-8-11-19(12-9-16)25-31(27,28)22-14-17(23(26)30-3)10-13-20(22)24-15-18-6-4-5-7-21(18)29-2/h4-14,24-25H,15H2,1-3H3. The fourth-order valence-electron chi connectivity index (χ4n) is 3.01. The Morgan fingerprint density at radius 1 is 0.968 bits per heavy atom. The minimum atomic E-state index is -3.99. The molecule has 3 aromatic carbocycles. The second-order valence-electron chi connectivity index (χ2n) is 6.84. The number of ether oxygens (including phenoxy) is 2. The van der Waals surface area contributed by atoms with Crippen LogP contribution in [0.2, 0.25) is 0 Å². The number of hydrogen-bond donors (Lipinski definition) is 2. The number of sulfonamides is 1. The lowest BCUT2D eigenvalue weighted by Gasteiger charge is -2.16. The molecule has 0 spiro atoms. The van der Waals surface area contributed by atoms with Gasteiger partial charge in [-0.05, 0) is 43.3 Å². The summed E-state index contributed by atoms with van der Waals surface area (Å²) >= 11 is 0. The number of esters is 1. The van der Waals surface area contributed by atoms with Crippen molar-refractivity contribution in [3.8, 4) is 5.75 Å². The summed E-state index contributed by atoms with van der Waals surface area (Å²) in [6.45, 7) is 2.24. The van der Waals surface area contributed by atoms with Gasteiger partial charge in [0.1, 0.15) is 10.6 Å². The molecule has 0 atom stereocenters. The van der Waals surface area contributed by atoms with Crippen LogP contribution < -0.4 is 14.8 Å². The first-order valence-electron chi connectivity index (χ1n) is 9.51. The van der Waals surface area contributed by atoms with Crippen LogP contribution in [0.15, 0.2) is 71.6 Å². The molecule has 3 rings (SSSR count). The zero-order valence-corrected chi connectivity index (χ0v) is 18.3. The van der Waals surface area contributed by atoms with Crippen LogP contribution in [0.25, 0.3) is 0 Å². The Kier molecular flexibility index (Phi) is 6.81. The Morgan fingerprint density at radius 3 is 2.35 bits per heavy atom. The Balaban J connectivity index is 1.97. The van der Waals surface area contributed by atoms with E-state index in [2.05, 4.69) is 10.0 Å². The molecule has 0 radical (unpaired) electrons. The number of benzene rings is 3. The van der Waals surface area contributed by atoms with Crippen LogP contribution in [-0.4, -0.2) is 28.6 Å². The van der Waals surface area contributed by atoms with Crippen molar-refractivity contribution in [1.82, 2.24) is 0 Å². The molecule has 3 aromatic rings. The lowest BCUT2D eigenvalue weighted by molar-refractivity contribution is 0.0600. The molecular weight excluding hydrogens is 416 g/mol. The minimum Gasteiger partial charge on any atom is -0.496 e. The zero-order valence-electron chi connectivity index (χ0n) is 17.5. The highest BCUT2D eigenvalue weighted by atomic mass is 32.2. The molecule has 0 fully saturated rings. The number of anilines is 2. The maximum absolute atomic E-state index is 13.2. The third kappa shape index (κ3) is 5.35. The molecule has 0 heterocycles. The van der Waals surface area contributed by atoms with E-state index in [1.54, 1.807) is 25.3 Å². The van der Waals surface area contributed by atoms with E-state index >= 15 is 0 Å². The van der Waals surface area contributed by atoms with Crippen molar-refractivity contribution in [3.05, 3.63) is 83.4 Å². The summed E-state index contributed by atoms with van der Waals surface area (Å²) in [6.07, 6.45) is 0. The molecule has 0 amide bonds.